The number of methoxy groups -OCH3 is 1. The van der Waals surface area contributed by atoms with Crippen molar-refractivity contribution in [2.45, 2.75) is 208 Å². The zero-order valence-electron chi connectivity index (χ0n) is 50.1. The molecule has 2 aliphatic heterocycles. The van der Waals surface area contributed by atoms with E-state index in [9.17, 15) is 61.0 Å². The number of carbonyl (C=O) groups is 4. The van der Waals surface area contributed by atoms with E-state index < -0.39 is 104 Å². The number of hydrogen-bond donors (Lipinski definition) is 6. The molecule has 2 saturated heterocycles. The van der Waals surface area contributed by atoms with Gasteiger partial charge in [-0.05, 0) is 57.9 Å². The Morgan fingerprint density at radius 2 is 1.11 bits per heavy atom. The number of nitrogens with two attached hydrogens (primary N) is 1. The molecule has 1 aromatic carbocycles. The number of aliphatic hydroxyl groups is 3. The van der Waals surface area contributed by atoms with Crippen molar-refractivity contribution in [1.82, 2.24) is 5.32 Å². The molecule has 1 aromatic rings. The average molecular weight is 1220 g/mol. The third-order valence-corrected chi connectivity index (χ3v) is 13.6. The molecule has 0 saturated carbocycles. The van der Waals surface area contributed by atoms with Crippen LogP contribution in [0.5, 0.6) is 5.75 Å². The second-order valence-corrected chi connectivity index (χ2v) is 20.4. The Morgan fingerprint density at radius 3 is 1.63 bits per heavy atom. The minimum Gasteiger partial charge on any atom is -0.463 e. The third-order valence-electron chi connectivity index (χ3n) is 12.6. The molecule has 7 N–H and O–H groups in total. The first kappa shape index (κ1) is 80.6. The summed E-state index contributed by atoms with van der Waals surface area (Å²) in [6.07, 6.45) is 6.05. The van der Waals surface area contributed by atoms with Gasteiger partial charge in [0.15, 0.2) is 12.6 Å². The molecule has 0 aromatic heterocycles. The van der Waals surface area contributed by atoms with Gasteiger partial charge in [0.25, 0.3) is 0 Å². The molecular formula is C55H98F5N2O19P. The summed E-state index contributed by atoms with van der Waals surface area (Å²) >= 11 is 0. The number of esters is 3. The molecule has 0 radical (unpaired) electrons. The molecule has 82 heavy (non-hydrogen) atoms. The van der Waals surface area contributed by atoms with Crippen LogP contribution in [0.3, 0.4) is 0 Å². The van der Waals surface area contributed by atoms with Gasteiger partial charge in [-0.15, -0.1) is 0 Å². The van der Waals surface area contributed by atoms with Gasteiger partial charge in [-0.25, -0.2) is 17.7 Å². The smallest absolute Gasteiger partial charge is 0.463 e. The molecule has 0 bridgehead atoms. The monoisotopic (exact) mass is 1220 g/mol. The van der Waals surface area contributed by atoms with Crippen LogP contribution in [0.25, 0.3) is 0 Å². The van der Waals surface area contributed by atoms with Crippen LogP contribution in [-0.4, -0.2) is 154 Å². The quantitative estimate of drug-likeness (QED) is 0.00715. The van der Waals surface area contributed by atoms with Crippen LogP contribution in [0.15, 0.2) is 0 Å². The molecule has 21 nitrogen and oxygen atoms in total. The lowest BCUT2D eigenvalue weighted by molar-refractivity contribution is -0.282. The third kappa shape index (κ3) is 33.3. The molecule has 2 heterocycles. The van der Waals surface area contributed by atoms with E-state index in [1.807, 2.05) is 41.5 Å². The first-order valence-corrected chi connectivity index (χ1v) is 30.0. The van der Waals surface area contributed by atoms with Gasteiger partial charge in [0.05, 0.1) is 19.3 Å². The van der Waals surface area contributed by atoms with Crippen molar-refractivity contribution in [1.29, 1.82) is 0 Å². The van der Waals surface area contributed by atoms with Crippen LogP contribution in [0.2, 0.25) is 0 Å². The number of aliphatic hydroxyl groups excluding tert-OH is 3. The number of benzene rings is 1. The van der Waals surface area contributed by atoms with E-state index in [-0.39, 0.29) is 62.9 Å². The van der Waals surface area contributed by atoms with Gasteiger partial charge in [-0.2, -0.15) is 8.78 Å². The fourth-order valence-corrected chi connectivity index (χ4v) is 8.26. The van der Waals surface area contributed by atoms with Crippen LogP contribution < -0.4 is 15.8 Å². The number of rotatable bonds is 34. The Bertz CT molecular complexity index is 1910. The number of halogens is 5. The largest absolute Gasteiger partial charge is 0.471 e. The predicted octanol–water partition coefficient (Wildman–Crippen LogP) is 8.64. The first-order valence-electron chi connectivity index (χ1n) is 28.5. The number of amides is 1. The van der Waals surface area contributed by atoms with Gasteiger partial charge in [-0.1, -0.05) is 87.0 Å². The highest BCUT2D eigenvalue weighted by Gasteiger charge is 2.45. The Balaban J connectivity index is 0. The van der Waals surface area contributed by atoms with Crippen molar-refractivity contribution < 1.29 is 113 Å². The maximum atomic E-state index is 13.6. The predicted molar refractivity (Wildman–Crippen MR) is 293 cm³/mol. The normalized spacial score (nSPS) is 22.6. The Morgan fingerprint density at radius 1 is 0.622 bits per heavy atom. The Kier molecular flexibility index (Phi) is 46.9. The number of phosphoric acid groups is 1. The van der Waals surface area contributed by atoms with E-state index in [1.54, 1.807) is 14.0 Å². The van der Waals surface area contributed by atoms with Crippen molar-refractivity contribution >= 4 is 31.6 Å². The topological polar surface area (TPSA) is 297 Å². The van der Waals surface area contributed by atoms with E-state index in [1.165, 1.54) is 13.8 Å². The van der Waals surface area contributed by atoms with Gasteiger partial charge >= 0.3 is 25.7 Å². The van der Waals surface area contributed by atoms with Gasteiger partial charge in [0, 0.05) is 85.0 Å². The summed E-state index contributed by atoms with van der Waals surface area (Å²) in [4.78, 5) is 55.1. The second-order valence-electron chi connectivity index (χ2n) is 18.9. The van der Waals surface area contributed by atoms with Crippen molar-refractivity contribution in [3.63, 3.8) is 0 Å². The van der Waals surface area contributed by atoms with Gasteiger partial charge in [0.1, 0.15) is 31.0 Å². The van der Waals surface area contributed by atoms with Gasteiger partial charge in [0.2, 0.25) is 40.7 Å². The number of ether oxygens (including phenoxy) is 8. The molecule has 0 spiro atoms. The minimum absolute atomic E-state index is 0.0879. The molecule has 27 heteroatoms. The molecule has 11 atom stereocenters. The van der Waals surface area contributed by atoms with E-state index in [2.05, 4.69) is 19.1 Å². The molecule has 5 unspecified atom stereocenters. The standard InChI is InChI=1S/C24H29F5O8.C20H39NO7.C7H18NO4P.2C2H6/c1-11-12(2)24(36-15(10-34-13(3)30)22(11)35-14(4)31)33-9-7-5-6-8-16(32)37-23-20(28)18(26)17(25)19(27)21(23)29;1-15-18(24)19(25)16(14-22)28-20(15)27-13-9-5-6-10-17(23)21-11-7-3-4-8-12-26-2;1-11-13(9,10)12-7-5-3-2-4-6-8;2*1-2/h11-12,15,22,24H,5-10H2,1-4H3;15-16,18-20,22,24-25H,3-14H2,1-2H3,(H,21,23);2-8H2,1H3,(H,9,10);2*1-2H3/t11-,12?,15?,22-,24-;15?,16?,18-,19+,20-;;;/m11.../s1. The molecule has 2 aliphatic rings. The lowest BCUT2D eigenvalue weighted by Gasteiger charge is -2.43. The lowest BCUT2D eigenvalue weighted by atomic mass is 9.84. The number of carbonyl (C=O) groups excluding carboxylic acids is 4. The van der Waals surface area contributed by atoms with Gasteiger partial charge in [-0.3, -0.25) is 28.2 Å². The fourth-order valence-electron chi connectivity index (χ4n) is 7.79. The summed E-state index contributed by atoms with van der Waals surface area (Å²) in [5.41, 5.74) is 5.30. The van der Waals surface area contributed by atoms with E-state index >= 15 is 0 Å². The Labute approximate surface area is 482 Å². The van der Waals surface area contributed by atoms with Crippen molar-refractivity contribution in [3.05, 3.63) is 29.1 Å². The SMILES string of the molecule is CC.CC.CC(=O)OCC1O[C@@H](OCCCCCC(=O)Oc2c(F)c(F)c(F)c(F)c2F)C(C)[C@@H](C)[C@H]1OC(C)=O.COCCCCCCNC(=O)CCCCCO[C@@H]1OC(CO)[C@H](O)[C@H](O)C1C.COP(=O)(O)OCCCCCCN. The second kappa shape index (κ2) is 47.7. The first-order chi connectivity index (χ1) is 39.0. The highest BCUT2D eigenvalue weighted by Crippen LogP contribution is 2.42. The maximum absolute atomic E-state index is 13.6. The van der Waals surface area contributed by atoms with Crippen molar-refractivity contribution in [2.24, 2.45) is 23.5 Å². The van der Waals surface area contributed by atoms with Crippen molar-refractivity contribution in [3.8, 4) is 5.75 Å². The lowest BCUT2D eigenvalue weighted by Crippen LogP contribution is -2.55. The summed E-state index contributed by atoms with van der Waals surface area (Å²) in [7, 11) is -0.898. The summed E-state index contributed by atoms with van der Waals surface area (Å²) < 4.78 is 129. The summed E-state index contributed by atoms with van der Waals surface area (Å²) in [6.45, 7) is 18.6. The van der Waals surface area contributed by atoms with Gasteiger partial charge < -0.3 is 69.2 Å². The summed E-state index contributed by atoms with van der Waals surface area (Å²) in [5.74, 6) is -15.7. The van der Waals surface area contributed by atoms with Crippen LogP contribution in [0.4, 0.5) is 22.0 Å². The number of hydrogen-bond acceptors (Lipinski definition) is 19. The number of nitrogens with one attached hydrogen (secondary N) is 1. The molecule has 0 aliphatic carbocycles. The fraction of sp³-hybridized carbons (Fsp3) is 0.818. The average Bonchev–Trinajstić information content (AvgIpc) is 3.46. The summed E-state index contributed by atoms with van der Waals surface area (Å²) in [6, 6.07) is 0. The zero-order chi connectivity index (χ0) is 62.8. The minimum atomic E-state index is -3.75. The molecule has 482 valence electrons. The number of unbranched alkanes of at least 4 members (excludes halogenated alkanes) is 10. The maximum Gasteiger partial charge on any atom is 0.471 e. The van der Waals surface area contributed by atoms with Crippen LogP contribution in [0.1, 0.15) is 165 Å². The van der Waals surface area contributed by atoms with Crippen LogP contribution >= 0.6 is 7.82 Å². The highest BCUT2D eigenvalue weighted by atomic mass is 31.2. The van der Waals surface area contributed by atoms with Crippen LogP contribution in [-0.2, 0) is 65.9 Å². The zero-order valence-corrected chi connectivity index (χ0v) is 51.0. The molecular weight excluding hydrogens is 1120 g/mol. The molecule has 2 fully saturated rings. The van der Waals surface area contributed by atoms with E-state index in [0.29, 0.717) is 32.4 Å². The molecule has 1 amide bonds. The van der Waals surface area contributed by atoms with Crippen LogP contribution in [0, 0.1) is 46.8 Å². The van der Waals surface area contributed by atoms with Crippen molar-refractivity contribution in [2.75, 3.05) is 67.0 Å². The van der Waals surface area contributed by atoms with E-state index in [4.69, 9.17) is 43.8 Å². The van der Waals surface area contributed by atoms with E-state index in [0.717, 1.165) is 90.9 Å². The Hall–Kier alpha value is -3.50. The molecule has 3 rings (SSSR count). The highest BCUT2D eigenvalue weighted by molar-refractivity contribution is 7.47. The summed E-state index contributed by atoms with van der Waals surface area (Å²) in [5, 5.41) is 32.0. The number of phosphoric ester groups is 1.